The van der Waals surface area contributed by atoms with Crippen molar-refractivity contribution in [1.29, 1.82) is 0 Å². The molecule has 0 unspecified atom stereocenters. The van der Waals surface area contributed by atoms with Crippen LogP contribution >= 0.6 is 11.6 Å². The third-order valence-corrected chi connectivity index (χ3v) is 3.82. The van der Waals surface area contributed by atoms with E-state index >= 15 is 0 Å². The number of hydrogen-bond acceptors (Lipinski definition) is 4. The van der Waals surface area contributed by atoms with Gasteiger partial charge >= 0.3 is 5.97 Å². The quantitative estimate of drug-likeness (QED) is 0.612. The van der Waals surface area contributed by atoms with E-state index in [1.54, 1.807) is 31.4 Å². The molecular formula is C18H16ClF2NO4. The third-order valence-electron chi connectivity index (χ3n) is 3.51. The number of nitrogens with one attached hydrogen (secondary N) is 1. The summed E-state index contributed by atoms with van der Waals surface area (Å²) >= 11 is 5.71. The summed E-state index contributed by atoms with van der Waals surface area (Å²) < 4.78 is 36.3. The van der Waals surface area contributed by atoms with E-state index in [0.29, 0.717) is 17.9 Å². The van der Waals surface area contributed by atoms with Gasteiger partial charge < -0.3 is 14.8 Å². The van der Waals surface area contributed by atoms with Crippen LogP contribution in [0.1, 0.15) is 22.8 Å². The largest absolute Gasteiger partial charge is 0.497 e. The van der Waals surface area contributed by atoms with Crippen molar-refractivity contribution in [1.82, 2.24) is 5.32 Å². The zero-order valence-electron chi connectivity index (χ0n) is 14.0. The second-order valence-corrected chi connectivity index (χ2v) is 5.77. The van der Waals surface area contributed by atoms with E-state index in [1.807, 2.05) is 0 Å². The molecule has 26 heavy (non-hydrogen) atoms. The van der Waals surface area contributed by atoms with Crippen molar-refractivity contribution >= 4 is 23.5 Å². The van der Waals surface area contributed by atoms with Crippen LogP contribution in [0, 0.1) is 11.6 Å². The van der Waals surface area contributed by atoms with Gasteiger partial charge in [-0.15, -0.1) is 0 Å². The maximum Gasteiger partial charge on any atom is 0.340 e. The molecule has 2 aromatic carbocycles. The fraction of sp³-hybridized carbons (Fsp3) is 0.222. The lowest BCUT2D eigenvalue weighted by Gasteiger charge is -2.14. The van der Waals surface area contributed by atoms with Crippen molar-refractivity contribution in [3.05, 3.63) is 64.2 Å². The summed E-state index contributed by atoms with van der Waals surface area (Å²) in [6.45, 7) is 1.58. The molecule has 0 aromatic heterocycles. The van der Waals surface area contributed by atoms with Crippen LogP contribution < -0.4 is 10.1 Å². The first kappa shape index (κ1) is 19.7. The molecule has 1 atom stereocenters. The van der Waals surface area contributed by atoms with Gasteiger partial charge in [0.2, 0.25) is 0 Å². The van der Waals surface area contributed by atoms with Gasteiger partial charge in [-0.1, -0.05) is 23.7 Å². The van der Waals surface area contributed by atoms with E-state index in [-0.39, 0.29) is 17.1 Å². The lowest BCUT2D eigenvalue weighted by Crippen LogP contribution is -2.35. The van der Waals surface area contributed by atoms with E-state index in [2.05, 4.69) is 5.32 Å². The normalized spacial score (nSPS) is 11.6. The minimum absolute atomic E-state index is 0.219. The first-order chi connectivity index (χ1) is 12.3. The Morgan fingerprint density at radius 2 is 1.77 bits per heavy atom. The van der Waals surface area contributed by atoms with E-state index in [4.69, 9.17) is 21.1 Å². The Kier molecular flexibility index (Phi) is 6.52. The highest BCUT2D eigenvalue weighted by Crippen LogP contribution is 2.21. The zero-order valence-corrected chi connectivity index (χ0v) is 14.8. The first-order valence-electron chi connectivity index (χ1n) is 7.58. The molecule has 0 aliphatic rings. The van der Waals surface area contributed by atoms with Crippen LogP contribution in [0.3, 0.4) is 0 Å². The number of esters is 1. The second kappa shape index (κ2) is 8.62. The number of ether oxygens (including phenoxy) is 2. The number of halogens is 3. The van der Waals surface area contributed by atoms with Gasteiger partial charge in [0.05, 0.1) is 17.7 Å². The van der Waals surface area contributed by atoms with Crippen molar-refractivity contribution in [2.24, 2.45) is 0 Å². The second-order valence-electron chi connectivity index (χ2n) is 5.36. The summed E-state index contributed by atoms with van der Waals surface area (Å²) in [4.78, 5) is 24.0. The highest BCUT2D eigenvalue weighted by atomic mass is 35.5. The van der Waals surface area contributed by atoms with E-state index in [0.717, 1.165) is 5.56 Å². The molecule has 2 aromatic rings. The number of hydrogen-bond donors (Lipinski definition) is 1. The maximum atomic E-state index is 13.2. The molecule has 2 rings (SSSR count). The lowest BCUT2D eigenvalue weighted by molar-refractivity contribution is -0.129. The van der Waals surface area contributed by atoms with Gasteiger partial charge in [0.25, 0.3) is 5.91 Å². The molecule has 0 saturated heterocycles. The molecule has 0 heterocycles. The topological polar surface area (TPSA) is 64.6 Å². The average Bonchev–Trinajstić information content (AvgIpc) is 2.62. The molecule has 1 N–H and O–H groups in total. The van der Waals surface area contributed by atoms with Crippen molar-refractivity contribution in [2.75, 3.05) is 7.11 Å². The molecule has 1 amide bonds. The molecule has 138 valence electrons. The smallest absolute Gasteiger partial charge is 0.340 e. The van der Waals surface area contributed by atoms with E-state index in [9.17, 15) is 18.4 Å². The fourth-order valence-corrected chi connectivity index (χ4v) is 2.26. The number of carbonyl (C=O) groups excluding carboxylic acids is 2. The summed E-state index contributed by atoms with van der Waals surface area (Å²) in [5, 5.41) is 2.30. The molecule has 0 aliphatic carbocycles. The Morgan fingerprint density at radius 1 is 1.15 bits per heavy atom. The van der Waals surface area contributed by atoms with Crippen molar-refractivity contribution in [2.45, 2.75) is 19.6 Å². The van der Waals surface area contributed by atoms with Crippen LogP contribution in [0.4, 0.5) is 8.78 Å². The molecule has 0 spiro atoms. The molecule has 5 nitrogen and oxygen atoms in total. The summed E-state index contributed by atoms with van der Waals surface area (Å²) in [7, 11) is 1.55. The fourth-order valence-electron chi connectivity index (χ4n) is 2.03. The van der Waals surface area contributed by atoms with Crippen LogP contribution in [0.15, 0.2) is 36.4 Å². The standard InChI is InChI=1S/C18H16ClF2NO4/c1-10(17(23)22-9-11-3-5-12(25-2)6-4-11)26-18(24)13-7-15(20)16(21)8-14(13)19/h3-8,10H,9H2,1-2H3,(H,22,23)/t10-/m0/s1. The van der Waals surface area contributed by atoms with Gasteiger partial charge in [-0.3, -0.25) is 4.79 Å². The van der Waals surface area contributed by atoms with Crippen molar-refractivity contribution < 1.29 is 27.8 Å². The van der Waals surface area contributed by atoms with Crippen LogP contribution in [-0.2, 0) is 16.1 Å². The van der Waals surface area contributed by atoms with Gasteiger partial charge in [0, 0.05) is 6.54 Å². The minimum atomic E-state index is -1.24. The molecule has 0 saturated carbocycles. The number of methoxy groups -OCH3 is 1. The van der Waals surface area contributed by atoms with E-state index < -0.39 is 29.6 Å². The van der Waals surface area contributed by atoms with Gasteiger partial charge in [-0.05, 0) is 36.8 Å². The first-order valence-corrected chi connectivity index (χ1v) is 7.95. The van der Waals surface area contributed by atoms with Crippen LogP contribution in [0.5, 0.6) is 5.75 Å². The van der Waals surface area contributed by atoms with Gasteiger partial charge in [0.1, 0.15) is 5.75 Å². The maximum absolute atomic E-state index is 13.2. The Hall–Kier alpha value is -2.67. The minimum Gasteiger partial charge on any atom is -0.497 e. The third kappa shape index (κ3) is 4.92. The Morgan fingerprint density at radius 3 is 2.38 bits per heavy atom. The molecule has 0 bridgehead atoms. The highest BCUT2D eigenvalue weighted by Gasteiger charge is 2.22. The van der Waals surface area contributed by atoms with Crippen molar-refractivity contribution in [3.63, 3.8) is 0 Å². The number of carbonyl (C=O) groups is 2. The Labute approximate surface area is 153 Å². The van der Waals surface area contributed by atoms with Gasteiger partial charge in [0.15, 0.2) is 17.7 Å². The number of rotatable bonds is 6. The monoisotopic (exact) mass is 383 g/mol. The van der Waals surface area contributed by atoms with Crippen LogP contribution in [-0.4, -0.2) is 25.1 Å². The predicted octanol–water partition coefficient (Wildman–Crippen LogP) is 3.49. The van der Waals surface area contributed by atoms with Gasteiger partial charge in [-0.25, -0.2) is 13.6 Å². The number of benzene rings is 2. The summed E-state index contributed by atoms with van der Waals surface area (Å²) in [6, 6.07) is 8.34. The SMILES string of the molecule is COc1ccc(CNC(=O)[C@H](C)OC(=O)c2cc(F)c(F)cc2Cl)cc1. The summed E-state index contributed by atoms with van der Waals surface area (Å²) in [6.07, 6.45) is -1.15. The lowest BCUT2D eigenvalue weighted by atomic mass is 10.2. The number of amides is 1. The molecule has 0 aliphatic heterocycles. The molecular weight excluding hydrogens is 368 g/mol. The van der Waals surface area contributed by atoms with Gasteiger partial charge in [-0.2, -0.15) is 0 Å². The Balaban J connectivity index is 1.93. The molecule has 8 heteroatoms. The molecule has 0 fully saturated rings. The van der Waals surface area contributed by atoms with Crippen molar-refractivity contribution in [3.8, 4) is 5.75 Å². The summed E-state index contributed by atoms with van der Waals surface area (Å²) in [5.41, 5.74) is 0.460. The zero-order chi connectivity index (χ0) is 19.3. The summed E-state index contributed by atoms with van der Waals surface area (Å²) in [5.74, 6) is -3.31. The van der Waals surface area contributed by atoms with Crippen LogP contribution in [0.25, 0.3) is 0 Å². The Bertz CT molecular complexity index is 812. The molecule has 0 radical (unpaired) electrons. The predicted molar refractivity (Wildman–Crippen MR) is 91.1 cm³/mol. The van der Waals surface area contributed by atoms with E-state index in [1.165, 1.54) is 6.92 Å². The highest BCUT2D eigenvalue weighted by molar-refractivity contribution is 6.33. The van der Waals surface area contributed by atoms with Crippen LogP contribution in [0.2, 0.25) is 5.02 Å². The average molecular weight is 384 g/mol.